The van der Waals surface area contributed by atoms with Crippen LogP contribution in [0.2, 0.25) is 0 Å². The normalized spacial score (nSPS) is 11.6. The van der Waals surface area contributed by atoms with Gasteiger partial charge in [0.2, 0.25) is 0 Å². The molecule has 0 radical (unpaired) electrons. The molecule has 0 spiro atoms. The van der Waals surface area contributed by atoms with Crippen molar-refractivity contribution in [3.8, 4) is 24.7 Å². The van der Waals surface area contributed by atoms with Crippen LogP contribution >= 0.6 is 0 Å². The van der Waals surface area contributed by atoms with Gasteiger partial charge in [0.1, 0.15) is 13.2 Å². The van der Waals surface area contributed by atoms with Crippen LogP contribution in [0.25, 0.3) is 0 Å². The highest BCUT2D eigenvalue weighted by atomic mass is 32.2. The molecule has 0 aliphatic carbocycles. The minimum atomic E-state index is -3.96. The Morgan fingerprint density at radius 3 is 1.38 bits per heavy atom. The zero-order valence-corrected chi connectivity index (χ0v) is 9.88. The van der Waals surface area contributed by atoms with Gasteiger partial charge in [-0.25, -0.2) is 0 Å². The van der Waals surface area contributed by atoms with Crippen LogP contribution in [-0.4, -0.2) is 41.6 Å². The molecule has 8 heteroatoms. The minimum absolute atomic E-state index is 0.437. The van der Waals surface area contributed by atoms with Crippen molar-refractivity contribution < 1.29 is 25.2 Å². The summed E-state index contributed by atoms with van der Waals surface area (Å²) < 4.78 is 52.6. The van der Waals surface area contributed by atoms with E-state index < -0.39 is 45.0 Å². The van der Waals surface area contributed by atoms with Crippen LogP contribution in [0.3, 0.4) is 0 Å². The molecule has 0 heterocycles. The van der Waals surface area contributed by atoms with Gasteiger partial charge in [0.15, 0.2) is 0 Å². The second kappa shape index (κ2) is 6.51. The molecule has 0 aromatic heterocycles. The summed E-state index contributed by atoms with van der Waals surface area (Å²) in [6, 6.07) is 0. The van der Waals surface area contributed by atoms with Crippen LogP contribution in [0.15, 0.2) is 0 Å². The Bertz CT molecular complexity index is 440. The maximum absolute atomic E-state index is 11.0. The van der Waals surface area contributed by atoms with E-state index in [1.54, 1.807) is 0 Å². The van der Waals surface area contributed by atoms with Crippen LogP contribution in [0, 0.1) is 24.7 Å². The first-order valence-electron chi connectivity index (χ1n) is 3.94. The average molecular weight is 266 g/mol. The molecule has 0 bridgehead atoms. The van der Waals surface area contributed by atoms with Crippen LogP contribution < -0.4 is 0 Å². The van der Waals surface area contributed by atoms with Crippen molar-refractivity contribution in [2.75, 3.05) is 24.7 Å². The Labute approximate surface area is 95.2 Å². The van der Waals surface area contributed by atoms with E-state index in [4.69, 9.17) is 12.8 Å². The zero-order valence-electron chi connectivity index (χ0n) is 8.25. The molecule has 6 nitrogen and oxygen atoms in total. The van der Waals surface area contributed by atoms with Crippen molar-refractivity contribution in [1.29, 1.82) is 0 Å². The summed E-state index contributed by atoms with van der Waals surface area (Å²) >= 11 is 0. The molecular formula is C8H10O6S2. The number of hydrogen-bond acceptors (Lipinski definition) is 6. The van der Waals surface area contributed by atoms with Gasteiger partial charge in [0, 0.05) is 0 Å². The van der Waals surface area contributed by atoms with E-state index in [1.165, 1.54) is 0 Å². The van der Waals surface area contributed by atoms with Crippen LogP contribution in [-0.2, 0) is 28.6 Å². The molecule has 0 fully saturated rings. The highest BCUT2D eigenvalue weighted by Gasteiger charge is 2.18. The van der Waals surface area contributed by atoms with Gasteiger partial charge in [-0.2, -0.15) is 16.8 Å². The Hall–Kier alpha value is -1.06. The summed E-state index contributed by atoms with van der Waals surface area (Å²) in [5, 5.41) is 0. The third-order valence-corrected chi connectivity index (χ3v) is 3.85. The van der Waals surface area contributed by atoms with Gasteiger partial charge < -0.3 is 0 Å². The molecule has 0 saturated heterocycles. The smallest absolute Gasteiger partial charge is 0.257 e. The predicted octanol–water partition coefficient (Wildman–Crippen LogP) is -1.05. The van der Waals surface area contributed by atoms with E-state index in [2.05, 4.69) is 8.37 Å². The maximum atomic E-state index is 11.0. The fourth-order valence-corrected chi connectivity index (χ4v) is 2.93. The maximum Gasteiger partial charge on any atom is 0.269 e. The molecule has 0 unspecified atom stereocenters. The van der Waals surface area contributed by atoms with Gasteiger partial charge in [-0.1, -0.05) is 11.8 Å². The molecule has 90 valence electrons. The summed E-state index contributed by atoms with van der Waals surface area (Å²) in [7, 11) is -7.91. The molecule has 16 heavy (non-hydrogen) atoms. The van der Waals surface area contributed by atoms with Crippen LogP contribution in [0.4, 0.5) is 0 Å². The highest BCUT2D eigenvalue weighted by Crippen LogP contribution is 1.99. The lowest BCUT2D eigenvalue weighted by Gasteiger charge is -2.03. The second-order valence-electron chi connectivity index (χ2n) is 2.46. The summed E-state index contributed by atoms with van der Waals surface area (Å²) in [6.45, 7) is -0.874. The molecule has 0 saturated carbocycles. The number of rotatable bonds is 7. The van der Waals surface area contributed by atoms with Gasteiger partial charge in [0.05, 0.1) is 11.5 Å². The largest absolute Gasteiger partial charge is 0.269 e. The molecule has 0 aromatic carbocycles. The molecule has 0 aromatic rings. The summed E-state index contributed by atoms with van der Waals surface area (Å²) in [6.07, 6.45) is 9.56. The number of terminal acetylenes is 2. The lowest BCUT2D eigenvalue weighted by atomic mass is 10.8. The van der Waals surface area contributed by atoms with Gasteiger partial charge in [-0.15, -0.1) is 12.8 Å². The third-order valence-electron chi connectivity index (χ3n) is 1.23. The minimum Gasteiger partial charge on any atom is -0.257 e. The molecule has 0 aliphatic rings. The Morgan fingerprint density at radius 1 is 0.812 bits per heavy atom. The molecule has 0 aliphatic heterocycles. The van der Waals surface area contributed by atoms with E-state index in [9.17, 15) is 16.8 Å². The topological polar surface area (TPSA) is 86.7 Å². The van der Waals surface area contributed by atoms with Crippen LogP contribution in [0.5, 0.6) is 0 Å². The van der Waals surface area contributed by atoms with Gasteiger partial charge >= 0.3 is 0 Å². The molecule has 0 N–H and O–H groups in total. The monoisotopic (exact) mass is 266 g/mol. The van der Waals surface area contributed by atoms with E-state index in [-0.39, 0.29) is 0 Å². The van der Waals surface area contributed by atoms with Crippen molar-refractivity contribution in [2.45, 2.75) is 0 Å². The Morgan fingerprint density at radius 2 is 1.12 bits per heavy atom. The lowest BCUT2D eigenvalue weighted by molar-refractivity contribution is 0.356. The van der Waals surface area contributed by atoms with E-state index in [0.29, 0.717) is 0 Å². The lowest BCUT2D eigenvalue weighted by Crippen LogP contribution is -2.21. The van der Waals surface area contributed by atoms with Gasteiger partial charge in [-0.05, 0) is 0 Å². The fraction of sp³-hybridized carbons (Fsp3) is 0.500. The van der Waals surface area contributed by atoms with Crippen molar-refractivity contribution in [3.63, 3.8) is 0 Å². The first-order chi connectivity index (χ1) is 7.33. The van der Waals surface area contributed by atoms with E-state index in [0.717, 1.165) is 0 Å². The van der Waals surface area contributed by atoms with Gasteiger partial charge in [0.25, 0.3) is 20.2 Å². The van der Waals surface area contributed by atoms with Gasteiger partial charge in [-0.3, -0.25) is 8.37 Å². The van der Waals surface area contributed by atoms with Crippen molar-refractivity contribution in [2.24, 2.45) is 0 Å². The summed E-state index contributed by atoms with van der Waals surface area (Å²) in [5.41, 5.74) is 0. The standard InChI is InChI=1S/C8H10O6S2/c1-3-5-13-15(9,10)7-8-16(11,12)14-6-4-2/h1-2H,5-8H2. The van der Waals surface area contributed by atoms with E-state index in [1.807, 2.05) is 11.8 Å². The second-order valence-corrected chi connectivity index (χ2v) is 5.97. The molecule has 0 atom stereocenters. The quantitative estimate of drug-likeness (QED) is 0.431. The summed E-state index contributed by atoms with van der Waals surface area (Å²) in [4.78, 5) is 0. The van der Waals surface area contributed by atoms with Crippen molar-refractivity contribution in [1.82, 2.24) is 0 Å². The average Bonchev–Trinajstić information content (AvgIpc) is 2.22. The molecular weight excluding hydrogens is 256 g/mol. The predicted molar refractivity (Wildman–Crippen MR) is 57.1 cm³/mol. The van der Waals surface area contributed by atoms with E-state index >= 15 is 0 Å². The third kappa shape index (κ3) is 7.26. The summed E-state index contributed by atoms with van der Waals surface area (Å²) in [5.74, 6) is 2.42. The number of hydrogen-bond donors (Lipinski definition) is 0. The SMILES string of the molecule is C#CCOS(=O)(=O)CCS(=O)(=O)OCC#C. The van der Waals surface area contributed by atoms with Crippen molar-refractivity contribution >= 4 is 20.2 Å². The highest BCUT2D eigenvalue weighted by molar-refractivity contribution is 7.90. The zero-order chi connectivity index (χ0) is 12.7. The fourth-order valence-electron chi connectivity index (χ4n) is 0.570. The molecule has 0 rings (SSSR count). The first-order valence-corrected chi connectivity index (χ1v) is 7.09. The Kier molecular flexibility index (Phi) is 6.08. The first kappa shape index (κ1) is 14.9. The van der Waals surface area contributed by atoms with Crippen LogP contribution in [0.1, 0.15) is 0 Å². The molecule has 0 amide bonds. The Balaban J connectivity index is 4.26. The van der Waals surface area contributed by atoms with Crippen molar-refractivity contribution in [3.05, 3.63) is 0 Å².